The highest BCUT2D eigenvalue weighted by Crippen LogP contribution is 2.38. The van der Waals surface area contributed by atoms with E-state index in [0.717, 1.165) is 5.56 Å². The van der Waals surface area contributed by atoms with Gasteiger partial charge in [-0.15, -0.1) is 0 Å². The summed E-state index contributed by atoms with van der Waals surface area (Å²) in [7, 11) is 0.604. The van der Waals surface area contributed by atoms with Crippen molar-refractivity contribution in [3.63, 3.8) is 0 Å². The van der Waals surface area contributed by atoms with Crippen LogP contribution in [0.25, 0.3) is 6.08 Å². The van der Waals surface area contributed by atoms with E-state index in [0.29, 0.717) is 16.7 Å². The van der Waals surface area contributed by atoms with Crippen LogP contribution in [0.2, 0.25) is 0 Å². The minimum absolute atomic E-state index is 0.106. The molecule has 3 rings (SSSR count). The van der Waals surface area contributed by atoms with E-state index >= 15 is 0 Å². The van der Waals surface area contributed by atoms with Gasteiger partial charge in [-0.1, -0.05) is 30.3 Å². The molecular weight excluding hydrogens is 423 g/mol. The van der Waals surface area contributed by atoms with Crippen molar-refractivity contribution < 1.29 is 28.4 Å². The van der Waals surface area contributed by atoms with E-state index < -0.39 is 30.4 Å². The molecule has 0 aliphatic carbocycles. The molecule has 8 nitrogen and oxygen atoms in total. The van der Waals surface area contributed by atoms with Gasteiger partial charge in [-0.3, -0.25) is 4.98 Å². The molecule has 1 amide bonds. The number of nitrogens with one attached hydrogen (secondary N) is 1. The quantitative estimate of drug-likeness (QED) is 0.504. The first-order valence-electron chi connectivity index (χ1n) is 10.7. The number of esters is 1. The monoisotopic (exact) mass is 452 g/mol. The van der Waals surface area contributed by atoms with Crippen LogP contribution in [0.5, 0.6) is 0 Å². The smallest absolute Gasteiger partial charge is 0.465 e. The number of aromatic nitrogens is 1. The van der Waals surface area contributed by atoms with E-state index in [1.54, 1.807) is 18.2 Å². The summed E-state index contributed by atoms with van der Waals surface area (Å²) < 4.78 is 22.4. The van der Waals surface area contributed by atoms with E-state index in [9.17, 15) is 9.59 Å². The van der Waals surface area contributed by atoms with Crippen LogP contribution in [0.3, 0.4) is 0 Å². The van der Waals surface area contributed by atoms with Crippen molar-refractivity contribution in [2.45, 2.75) is 45.5 Å². The molecule has 0 radical (unpaired) electrons. The lowest BCUT2D eigenvalue weighted by atomic mass is 9.77. The molecule has 2 heterocycles. The Morgan fingerprint density at radius 3 is 2.39 bits per heavy atom. The van der Waals surface area contributed by atoms with Crippen LogP contribution in [0.4, 0.5) is 4.79 Å². The molecule has 1 aliphatic heterocycles. The number of benzene rings is 1. The van der Waals surface area contributed by atoms with Gasteiger partial charge in [0, 0.05) is 12.7 Å². The lowest BCUT2D eigenvalue weighted by Crippen LogP contribution is -2.41. The molecule has 1 aliphatic rings. The fraction of sp³-hybridized carbons (Fsp3) is 0.375. The standard InChI is InChI=1S/C24H29BN2O6/c1-23(2)24(3,4)33-25(32-23)19(14-20-13-18(11-12-26-20)21(28)30-5)15-27-22(29)31-16-17-9-7-6-8-10-17/h6-14H,15-16H2,1-5H3,(H,27,29). The lowest BCUT2D eigenvalue weighted by Gasteiger charge is -2.32. The minimum atomic E-state index is -0.715. The zero-order chi connectivity index (χ0) is 24.1. The zero-order valence-electron chi connectivity index (χ0n) is 19.6. The summed E-state index contributed by atoms with van der Waals surface area (Å²) in [6.45, 7) is 8.05. The van der Waals surface area contributed by atoms with Gasteiger partial charge in [0.2, 0.25) is 0 Å². The zero-order valence-corrected chi connectivity index (χ0v) is 19.6. The van der Waals surface area contributed by atoms with Crippen molar-refractivity contribution in [3.05, 3.63) is 71.0 Å². The van der Waals surface area contributed by atoms with E-state index in [1.807, 2.05) is 58.0 Å². The molecule has 0 unspecified atom stereocenters. The molecular formula is C24H29BN2O6. The number of pyridine rings is 1. The number of nitrogens with zero attached hydrogens (tertiary/aromatic N) is 1. The van der Waals surface area contributed by atoms with Crippen LogP contribution in [0, 0.1) is 0 Å². The van der Waals surface area contributed by atoms with E-state index in [-0.39, 0.29) is 13.2 Å². The van der Waals surface area contributed by atoms with Crippen LogP contribution < -0.4 is 5.32 Å². The average Bonchev–Trinajstić information content (AvgIpc) is 3.02. The molecule has 1 N–H and O–H groups in total. The number of alkyl carbamates (subject to hydrolysis) is 1. The molecule has 1 aromatic heterocycles. The van der Waals surface area contributed by atoms with Gasteiger partial charge >= 0.3 is 19.2 Å². The number of carbonyl (C=O) groups excluding carboxylic acids is 2. The Hall–Kier alpha value is -3.17. The second-order valence-corrected chi connectivity index (χ2v) is 8.68. The maximum Gasteiger partial charge on any atom is 0.492 e. The molecule has 174 valence electrons. The van der Waals surface area contributed by atoms with Crippen LogP contribution >= 0.6 is 0 Å². The summed E-state index contributed by atoms with van der Waals surface area (Å²) in [5.41, 5.74) is 1.25. The highest BCUT2D eigenvalue weighted by atomic mass is 16.7. The van der Waals surface area contributed by atoms with Gasteiger partial charge in [0.25, 0.3) is 0 Å². The highest BCUT2D eigenvalue weighted by Gasteiger charge is 2.52. The van der Waals surface area contributed by atoms with Crippen molar-refractivity contribution in [2.24, 2.45) is 0 Å². The Morgan fingerprint density at radius 1 is 1.09 bits per heavy atom. The summed E-state index contributed by atoms with van der Waals surface area (Å²) in [4.78, 5) is 28.5. The summed E-state index contributed by atoms with van der Waals surface area (Å²) in [5, 5.41) is 2.74. The number of hydrogen-bond acceptors (Lipinski definition) is 7. The number of carbonyl (C=O) groups is 2. The second kappa shape index (κ2) is 10.2. The fourth-order valence-corrected chi connectivity index (χ4v) is 3.11. The van der Waals surface area contributed by atoms with Crippen LogP contribution in [-0.4, -0.2) is 49.0 Å². The van der Waals surface area contributed by atoms with Crippen molar-refractivity contribution in [1.29, 1.82) is 0 Å². The maximum absolute atomic E-state index is 12.3. The maximum atomic E-state index is 12.3. The average molecular weight is 452 g/mol. The molecule has 0 saturated carbocycles. The van der Waals surface area contributed by atoms with Gasteiger partial charge in [-0.05, 0) is 56.9 Å². The van der Waals surface area contributed by atoms with E-state index in [4.69, 9.17) is 18.8 Å². The molecule has 9 heteroatoms. The molecule has 1 aromatic carbocycles. The predicted octanol–water partition coefficient (Wildman–Crippen LogP) is 3.81. The highest BCUT2D eigenvalue weighted by molar-refractivity contribution is 6.56. The van der Waals surface area contributed by atoms with Crippen LogP contribution in [0.15, 0.2) is 54.1 Å². The first-order chi connectivity index (χ1) is 15.6. The van der Waals surface area contributed by atoms with Gasteiger partial charge in [0.15, 0.2) is 0 Å². The molecule has 33 heavy (non-hydrogen) atoms. The second-order valence-electron chi connectivity index (χ2n) is 8.68. The Balaban J connectivity index is 1.77. The number of hydrogen-bond donors (Lipinski definition) is 1. The summed E-state index contributed by atoms with van der Waals surface area (Å²) in [6, 6.07) is 12.6. The van der Waals surface area contributed by atoms with E-state index in [1.165, 1.54) is 13.3 Å². The van der Waals surface area contributed by atoms with Crippen molar-refractivity contribution in [1.82, 2.24) is 10.3 Å². The molecule has 0 spiro atoms. The predicted molar refractivity (Wildman–Crippen MR) is 124 cm³/mol. The summed E-state index contributed by atoms with van der Waals surface area (Å²) >= 11 is 0. The van der Waals surface area contributed by atoms with Gasteiger partial charge < -0.3 is 24.1 Å². The summed E-state index contributed by atoms with van der Waals surface area (Å²) in [5.74, 6) is -0.466. The van der Waals surface area contributed by atoms with Crippen LogP contribution in [0.1, 0.15) is 49.3 Å². The van der Waals surface area contributed by atoms with Crippen molar-refractivity contribution in [3.8, 4) is 0 Å². The largest absolute Gasteiger partial charge is 0.492 e. The van der Waals surface area contributed by atoms with Crippen LogP contribution in [-0.2, 0) is 25.4 Å². The number of methoxy groups -OCH3 is 1. The third kappa shape index (κ3) is 6.21. The molecule has 1 saturated heterocycles. The Kier molecular flexibility index (Phi) is 7.55. The number of amides is 1. The first kappa shape index (κ1) is 24.5. The van der Waals surface area contributed by atoms with Gasteiger partial charge in [-0.2, -0.15) is 0 Å². The fourth-order valence-electron chi connectivity index (χ4n) is 3.11. The minimum Gasteiger partial charge on any atom is -0.465 e. The molecule has 0 bridgehead atoms. The SMILES string of the molecule is COC(=O)c1ccnc(C=C(CNC(=O)OCc2ccccc2)B2OC(C)(C)C(C)(C)O2)c1. The Bertz CT molecular complexity index is 1010. The molecule has 2 aromatic rings. The van der Waals surface area contributed by atoms with Crippen molar-refractivity contribution in [2.75, 3.05) is 13.7 Å². The number of rotatable bonds is 7. The van der Waals surface area contributed by atoms with Gasteiger partial charge in [0.05, 0.1) is 29.6 Å². The topological polar surface area (TPSA) is 96.0 Å². The van der Waals surface area contributed by atoms with Gasteiger partial charge in [-0.25, -0.2) is 9.59 Å². The van der Waals surface area contributed by atoms with E-state index in [2.05, 4.69) is 10.3 Å². The number of ether oxygens (including phenoxy) is 2. The Labute approximate surface area is 194 Å². The first-order valence-corrected chi connectivity index (χ1v) is 10.7. The lowest BCUT2D eigenvalue weighted by molar-refractivity contribution is 0.00578. The Morgan fingerprint density at radius 2 is 1.76 bits per heavy atom. The molecule has 0 atom stereocenters. The third-order valence-corrected chi connectivity index (χ3v) is 5.74. The normalized spacial score (nSPS) is 16.9. The third-order valence-electron chi connectivity index (χ3n) is 5.74. The van der Waals surface area contributed by atoms with Gasteiger partial charge in [0.1, 0.15) is 6.61 Å². The summed E-state index contributed by atoms with van der Waals surface area (Å²) in [6.07, 6.45) is 2.67. The molecule has 1 fully saturated rings. The van der Waals surface area contributed by atoms with Crippen molar-refractivity contribution >= 4 is 25.3 Å².